The molecule has 0 amide bonds. The molecule has 0 aliphatic carbocycles. The normalized spacial score (nSPS) is 10.3. The summed E-state index contributed by atoms with van der Waals surface area (Å²) in [6, 6.07) is 15.3. The minimum absolute atomic E-state index is 0.104. The smallest absolute Gasteiger partial charge is 0.126 e. The molecule has 0 radical (unpaired) electrons. The number of benzene rings is 2. The monoisotopic (exact) mass is 243 g/mol. The molecule has 0 spiro atoms. The second kappa shape index (κ2) is 6.20. The SMILES string of the molecule is Cc1ccc(NCCCc2ccccc2F)cc1. The quantitative estimate of drug-likeness (QED) is 0.777. The van der Waals surface area contributed by atoms with Crippen LogP contribution in [0.25, 0.3) is 0 Å². The van der Waals surface area contributed by atoms with Crippen molar-refractivity contribution in [2.24, 2.45) is 0 Å². The molecule has 2 rings (SSSR count). The van der Waals surface area contributed by atoms with Gasteiger partial charge >= 0.3 is 0 Å². The fraction of sp³-hybridized carbons (Fsp3) is 0.250. The molecule has 2 aromatic rings. The first-order valence-electron chi connectivity index (χ1n) is 6.29. The highest BCUT2D eigenvalue weighted by Crippen LogP contribution is 2.11. The molecule has 0 aromatic heterocycles. The summed E-state index contributed by atoms with van der Waals surface area (Å²) < 4.78 is 13.4. The van der Waals surface area contributed by atoms with Gasteiger partial charge in [-0.2, -0.15) is 0 Å². The largest absolute Gasteiger partial charge is 0.385 e. The Morgan fingerprint density at radius 1 is 1.00 bits per heavy atom. The van der Waals surface area contributed by atoms with Crippen LogP contribution in [0.1, 0.15) is 17.5 Å². The van der Waals surface area contributed by atoms with Crippen LogP contribution in [-0.4, -0.2) is 6.54 Å². The summed E-state index contributed by atoms with van der Waals surface area (Å²) in [5, 5.41) is 3.34. The van der Waals surface area contributed by atoms with Gasteiger partial charge in [-0.25, -0.2) is 4.39 Å². The zero-order valence-electron chi connectivity index (χ0n) is 10.6. The van der Waals surface area contributed by atoms with Gasteiger partial charge in [0, 0.05) is 12.2 Å². The van der Waals surface area contributed by atoms with Gasteiger partial charge < -0.3 is 5.32 Å². The van der Waals surface area contributed by atoms with Crippen LogP contribution in [0, 0.1) is 12.7 Å². The lowest BCUT2D eigenvalue weighted by atomic mass is 10.1. The second-order valence-electron chi connectivity index (χ2n) is 4.49. The first kappa shape index (κ1) is 12.6. The number of halogens is 1. The standard InChI is InChI=1S/C16H18FN/c1-13-8-10-15(11-9-13)18-12-4-6-14-5-2-3-7-16(14)17/h2-3,5,7-11,18H,4,6,12H2,1H3. The van der Waals surface area contributed by atoms with Gasteiger partial charge in [0.2, 0.25) is 0 Å². The van der Waals surface area contributed by atoms with E-state index >= 15 is 0 Å². The van der Waals surface area contributed by atoms with Crippen LogP contribution < -0.4 is 5.32 Å². The molecular formula is C16H18FN. The Labute approximate surface area is 108 Å². The molecule has 0 aliphatic heterocycles. The average molecular weight is 243 g/mol. The summed E-state index contributed by atoms with van der Waals surface area (Å²) in [6.07, 6.45) is 1.69. The highest BCUT2D eigenvalue weighted by atomic mass is 19.1. The van der Waals surface area contributed by atoms with Gasteiger partial charge in [0.1, 0.15) is 5.82 Å². The zero-order valence-corrected chi connectivity index (χ0v) is 10.6. The van der Waals surface area contributed by atoms with Crippen LogP contribution in [-0.2, 0) is 6.42 Å². The molecule has 2 aromatic carbocycles. The predicted octanol–water partition coefficient (Wildman–Crippen LogP) is 4.18. The number of rotatable bonds is 5. The van der Waals surface area contributed by atoms with Crippen molar-refractivity contribution < 1.29 is 4.39 Å². The zero-order chi connectivity index (χ0) is 12.8. The highest BCUT2D eigenvalue weighted by molar-refractivity contribution is 5.44. The van der Waals surface area contributed by atoms with E-state index in [-0.39, 0.29) is 5.82 Å². The van der Waals surface area contributed by atoms with E-state index in [9.17, 15) is 4.39 Å². The minimum atomic E-state index is -0.104. The Morgan fingerprint density at radius 3 is 2.44 bits per heavy atom. The van der Waals surface area contributed by atoms with Crippen molar-refractivity contribution in [3.8, 4) is 0 Å². The summed E-state index contributed by atoms with van der Waals surface area (Å²) >= 11 is 0. The fourth-order valence-corrected chi connectivity index (χ4v) is 1.88. The molecule has 18 heavy (non-hydrogen) atoms. The average Bonchev–Trinajstić information content (AvgIpc) is 2.39. The van der Waals surface area contributed by atoms with Crippen LogP contribution in [0.4, 0.5) is 10.1 Å². The first-order chi connectivity index (χ1) is 8.75. The molecule has 0 saturated carbocycles. The number of anilines is 1. The molecule has 0 bridgehead atoms. The van der Waals surface area contributed by atoms with E-state index in [0.29, 0.717) is 0 Å². The molecular weight excluding hydrogens is 225 g/mol. The Morgan fingerprint density at radius 2 is 1.72 bits per heavy atom. The van der Waals surface area contributed by atoms with Crippen molar-refractivity contribution in [1.29, 1.82) is 0 Å². The number of aryl methyl sites for hydroxylation is 2. The van der Waals surface area contributed by atoms with E-state index < -0.39 is 0 Å². The van der Waals surface area contributed by atoms with Gasteiger partial charge in [0.25, 0.3) is 0 Å². The van der Waals surface area contributed by atoms with Gasteiger partial charge in [-0.3, -0.25) is 0 Å². The summed E-state index contributed by atoms with van der Waals surface area (Å²) in [4.78, 5) is 0. The van der Waals surface area contributed by atoms with Crippen LogP contribution in [0.5, 0.6) is 0 Å². The van der Waals surface area contributed by atoms with Gasteiger partial charge in [0.05, 0.1) is 0 Å². The Bertz CT molecular complexity index is 491. The molecule has 0 aliphatic rings. The van der Waals surface area contributed by atoms with Crippen molar-refractivity contribution in [2.45, 2.75) is 19.8 Å². The van der Waals surface area contributed by atoms with Crippen molar-refractivity contribution in [1.82, 2.24) is 0 Å². The summed E-state index contributed by atoms with van der Waals surface area (Å²) in [6.45, 7) is 2.93. The van der Waals surface area contributed by atoms with Crippen molar-refractivity contribution in [2.75, 3.05) is 11.9 Å². The summed E-state index contributed by atoms with van der Waals surface area (Å²) in [5.41, 5.74) is 3.17. The van der Waals surface area contributed by atoms with Crippen LogP contribution in [0.3, 0.4) is 0 Å². The molecule has 0 heterocycles. The predicted molar refractivity (Wildman–Crippen MR) is 74.4 cm³/mol. The first-order valence-corrected chi connectivity index (χ1v) is 6.29. The van der Waals surface area contributed by atoms with Crippen molar-refractivity contribution in [3.63, 3.8) is 0 Å². The van der Waals surface area contributed by atoms with E-state index in [1.54, 1.807) is 6.07 Å². The van der Waals surface area contributed by atoms with Gasteiger partial charge in [-0.15, -0.1) is 0 Å². The van der Waals surface area contributed by atoms with Crippen LogP contribution in [0.15, 0.2) is 48.5 Å². The van der Waals surface area contributed by atoms with E-state index in [4.69, 9.17) is 0 Å². The minimum Gasteiger partial charge on any atom is -0.385 e. The topological polar surface area (TPSA) is 12.0 Å². The summed E-state index contributed by atoms with van der Waals surface area (Å²) in [5.74, 6) is -0.104. The molecule has 0 unspecified atom stereocenters. The van der Waals surface area contributed by atoms with E-state index in [1.807, 2.05) is 12.1 Å². The molecule has 0 fully saturated rings. The van der Waals surface area contributed by atoms with Gasteiger partial charge in [-0.05, 0) is 43.5 Å². The van der Waals surface area contributed by atoms with Crippen LogP contribution in [0.2, 0.25) is 0 Å². The Balaban J connectivity index is 1.76. The van der Waals surface area contributed by atoms with E-state index in [2.05, 4.69) is 36.5 Å². The van der Waals surface area contributed by atoms with Crippen molar-refractivity contribution >= 4 is 5.69 Å². The molecule has 1 nitrogen and oxygen atoms in total. The molecule has 1 N–H and O–H groups in total. The summed E-state index contributed by atoms with van der Waals surface area (Å²) in [7, 11) is 0. The van der Waals surface area contributed by atoms with E-state index in [1.165, 1.54) is 11.6 Å². The van der Waals surface area contributed by atoms with E-state index in [0.717, 1.165) is 30.6 Å². The Hall–Kier alpha value is -1.83. The number of hydrogen-bond donors (Lipinski definition) is 1. The maximum Gasteiger partial charge on any atom is 0.126 e. The third kappa shape index (κ3) is 3.59. The third-order valence-corrected chi connectivity index (χ3v) is 2.96. The molecule has 2 heteroatoms. The van der Waals surface area contributed by atoms with Crippen LogP contribution >= 0.6 is 0 Å². The number of hydrogen-bond acceptors (Lipinski definition) is 1. The lowest BCUT2D eigenvalue weighted by Crippen LogP contribution is -2.03. The lowest BCUT2D eigenvalue weighted by molar-refractivity contribution is 0.606. The molecule has 0 saturated heterocycles. The number of nitrogens with one attached hydrogen (secondary N) is 1. The molecule has 0 atom stereocenters. The lowest BCUT2D eigenvalue weighted by Gasteiger charge is -2.07. The third-order valence-electron chi connectivity index (χ3n) is 2.96. The van der Waals surface area contributed by atoms with Gasteiger partial charge in [0.15, 0.2) is 0 Å². The van der Waals surface area contributed by atoms with Crippen molar-refractivity contribution in [3.05, 3.63) is 65.5 Å². The maximum absolute atomic E-state index is 13.4. The maximum atomic E-state index is 13.4. The highest BCUT2D eigenvalue weighted by Gasteiger charge is 1.99. The van der Waals surface area contributed by atoms with Gasteiger partial charge in [-0.1, -0.05) is 35.9 Å². The second-order valence-corrected chi connectivity index (χ2v) is 4.49. The fourth-order valence-electron chi connectivity index (χ4n) is 1.88. The molecule has 94 valence electrons. The Kier molecular flexibility index (Phi) is 4.35.